The number of non-ortho nitro benzene ring substituents is 2. The molecule has 0 unspecified atom stereocenters. The molecule has 194 valence electrons. The van der Waals surface area contributed by atoms with Gasteiger partial charge in [-0.2, -0.15) is 8.42 Å². The van der Waals surface area contributed by atoms with Crippen LogP contribution in [0, 0.1) is 30.3 Å². The predicted molar refractivity (Wildman–Crippen MR) is 130 cm³/mol. The molecule has 4 rings (SSSR count). The number of nitro benzene ring substituents is 3. The van der Waals surface area contributed by atoms with Gasteiger partial charge in [0.25, 0.3) is 17.1 Å². The van der Waals surface area contributed by atoms with E-state index >= 15 is 0 Å². The summed E-state index contributed by atoms with van der Waals surface area (Å²) in [5.41, 5.74) is -1.56. The molecular formula is C22H14N4O11S. The van der Waals surface area contributed by atoms with E-state index in [0.717, 1.165) is 18.2 Å². The fourth-order valence-corrected chi connectivity index (χ4v) is 4.49. The SMILES string of the molecule is O=c1cc(NCc2ccc(OS(=O)(=O)c3ccc([N+](=O)[O-])cc3[N+](=O)[O-])cc2)c2cc([N+](=O)[O-])ccc2o1. The molecule has 1 aromatic heterocycles. The van der Waals surface area contributed by atoms with Crippen molar-refractivity contribution >= 4 is 43.8 Å². The highest BCUT2D eigenvalue weighted by molar-refractivity contribution is 7.87. The minimum Gasteiger partial charge on any atom is -0.423 e. The summed E-state index contributed by atoms with van der Waals surface area (Å²) in [7, 11) is -4.72. The van der Waals surface area contributed by atoms with E-state index in [1.807, 2.05) is 0 Å². The first-order valence-electron chi connectivity index (χ1n) is 10.4. The Morgan fingerprint density at radius 3 is 2.08 bits per heavy atom. The van der Waals surface area contributed by atoms with Crippen LogP contribution in [0.15, 0.2) is 80.8 Å². The van der Waals surface area contributed by atoms with Crippen LogP contribution in [0.5, 0.6) is 5.75 Å². The molecule has 0 fully saturated rings. The fourth-order valence-electron chi connectivity index (χ4n) is 3.42. The van der Waals surface area contributed by atoms with Crippen LogP contribution >= 0.6 is 0 Å². The molecule has 0 radical (unpaired) electrons. The van der Waals surface area contributed by atoms with Crippen molar-refractivity contribution in [1.29, 1.82) is 0 Å². The number of hydrogen-bond donors (Lipinski definition) is 1. The first kappa shape index (κ1) is 25.7. The zero-order valence-electron chi connectivity index (χ0n) is 18.8. The van der Waals surface area contributed by atoms with Crippen molar-refractivity contribution in [3.8, 4) is 5.75 Å². The van der Waals surface area contributed by atoms with E-state index in [9.17, 15) is 43.6 Å². The Balaban J connectivity index is 1.53. The van der Waals surface area contributed by atoms with E-state index in [1.165, 1.54) is 42.5 Å². The summed E-state index contributed by atoms with van der Waals surface area (Å²) in [6.45, 7) is 0.113. The molecule has 0 aliphatic rings. The molecule has 38 heavy (non-hydrogen) atoms. The summed E-state index contributed by atoms with van der Waals surface area (Å²) in [4.78, 5) is 41.7. The topological polar surface area (TPSA) is 215 Å². The number of anilines is 1. The molecule has 1 heterocycles. The number of nitrogens with one attached hydrogen (secondary N) is 1. The van der Waals surface area contributed by atoms with E-state index in [4.69, 9.17) is 8.60 Å². The molecule has 1 N–H and O–H groups in total. The Morgan fingerprint density at radius 2 is 1.45 bits per heavy atom. The van der Waals surface area contributed by atoms with Crippen molar-refractivity contribution in [1.82, 2.24) is 0 Å². The van der Waals surface area contributed by atoms with Crippen LogP contribution in [0.3, 0.4) is 0 Å². The quantitative estimate of drug-likeness (QED) is 0.138. The third-order valence-electron chi connectivity index (χ3n) is 5.17. The van der Waals surface area contributed by atoms with Crippen LogP contribution in [0.2, 0.25) is 0 Å². The number of hydrogen-bond acceptors (Lipinski definition) is 12. The van der Waals surface area contributed by atoms with Crippen LogP contribution in [-0.2, 0) is 16.7 Å². The van der Waals surface area contributed by atoms with Crippen molar-refractivity contribution < 1.29 is 31.8 Å². The monoisotopic (exact) mass is 542 g/mol. The van der Waals surface area contributed by atoms with Gasteiger partial charge in [-0.1, -0.05) is 12.1 Å². The second-order valence-electron chi connectivity index (χ2n) is 7.62. The van der Waals surface area contributed by atoms with Crippen LogP contribution in [0.25, 0.3) is 11.0 Å². The molecule has 0 atom stereocenters. The Morgan fingerprint density at radius 1 is 0.816 bits per heavy atom. The minimum atomic E-state index is -4.72. The highest BCUT2D eigenvalue weighted by Crippen LogP contribution is 2.31. The van der Waals surface area contributed by atoms with Gasteiger partial charge >= 0.3 is 15.7 Å². The van der Waals surface area contributed by atoms with E-state index < -0.39 is 46.8 Å². The molecule has 0 saturated heterocycles. The number of fused-ring (bicyclic) bond motifs is 1. The van der Waals surface area contributed by atoms with Gasteiger partial charge in [-0.15, -0.1) is 0 Å². The van der Waals surface area contributed by atoms with E-state index in [0.29, 0.717) is 17.0 Å². The zero-order chi connectivity index (χ0) is 27.6. The average Bonchev–Trinajstić information content (AvgIpc) is 2.87. The summed E-state index contributed by atoms with van der Waals surface area (Å²) in [5, 5.41) is 36.5. The second kappa shape index (κ2) is 9.94. The fraction of sp³-hybridized carbons (Fsp3) is 0.0455. The normalized spacial score (nSPS) is 11.2. The molecule has 0 saturated carbocycles. The molecule has 0 spiro atoms. The number of nitro groups is 3. The second-order valence-corrected chi connectivity index (χ2v) is 9.13. The molecule has 16 heteroatoms. The number of nitrogens with zero attached hydrogens (tertiary/aromatic N) is 3. The summed E-state index contributed by atoms with van der Waals surface area (Å²) in [6, 6.07) is 12.4. The summed E-state index contributed by atoms with van der Waals surface area (Å²) in [5.74, 6) is -0.192. The number of benzene rings is 3. The van der Waals surface area contributed by atoms with Crippen LogP contribution in [0.1, 0.15) is 5.56 Å². The predicted octanol–water partition coefficient (Wildman–Crippen LogP) is 3.90. The van der Waals surface area contributed by atoms with Gasteiger partial charge in [0.15, 0.2) is 4.90 Å². The molecule has 0 aliphatic carbocycles. The highest BCUT2D eigenvalue weighted by Gasteiger charge is 2.30. The van der Waals surface area contributed by atoms with E-state index in [2.05, 4.69) is 5.32 Å². The van der Waals surface area contributed by atoms with Crippen LogP contribution in [-0.4, -0.2) is 23.2 Å². The molecular weight excluding hydrogens is 528 g/mol. The maximum absolute atomic E-state index is 12.6. The van der Waals surface area contributed by atoms with Gasteiger partial charge < -0.3 is 13.9 Å². The summed E-state index contributed by atoms with van der Waals surface area (Å²) >= 11 is 0. The molecule has 3 aromatic carbocycles. The van der Waals surface area contributed by atoms with Crippen LogP contribution in [0.4, 0.5) is 22.7 Å². The lowest BCUT2D eigenvalue weighted by Gasteiger charge is -2.10. The Hall–Kier alpha value is -5.38. The molecule has 0 amide bonds. The molecule has 0 aliphatic heterocycles. The van der Waals surface area contributed by atoms with Crippen molar-refractivity contribution in [3.05, 3.63) is 113 Å². The average molecular weight is 542 g/mol. The lowest BCUT2D eigenvalue weighted by molar-refractivity contribution is -0.396. The van der Waals surface area contributed by atoms with Gasteiger partial charge in [-0.05, 0) is 29.8 Å². The van der Waals surface area contributed by atoms with Gasteiger partial charge in [0.2, 0.25) is 0 Å². The zero-order valence-corrected chi connectivity index (χ0v) is 19.6. The third-order valence-corrected chi connectivity index (χ3v) is 6.46. The van der Waals surface area contributed by atoms with Gasteiger partial charge in [0, 0.05) is 36.2 Å². The van der Waals surface area contributed by atoms with Crippen molar-refractivity contribution in [2.45, 2.75) is 11.4 Å². The molecule has 4 aromatic rings. The van der Waals surface area contributed by atoms with Gasteiger partial charge in [0.1, 0.15) is 11.3 Å². The van der Waals surface area contributed by atoms with E-state index in [-0.39, 0.29) is 29.3 Å². The van der Waals surface area contributed by atoms with Crippen molar-refractivity contribution in [3.63, 3.8) is 0 Å². The van der Waals surface area contributed by atoms with Gasteiger partial charge in [-0.3, -0.25) is 30.3 Å². The number of rotatable bonds is 9. The summed E-state index contributed by atoms with van der Waals surface area (Å²) < 4.78 is 35.3. The van der Waals surface area contributed by atoms with Gasteiger partial charge in [-0.25, -0.2) is 4.79 Å². The highest BCUT2D eigenvalue weighted by atomic mass is 32.2. The first-order chi connectivity index (χ1) is 17.9. The lowest BCUT2D eigenvalue weighted by Crippen LogP contribution is -2.12. The third kappa shape index (κ3) is 5.39. The standard InChI is InChI=1S/C22H14N4O11S/c27-22-11-18(17-9-14(24(28)29)3-7-20(17)36-22)23-12-13-1-5-16(6-2-13)37-38(34,35)21-8-4-15(25(30)31)10-19(21)26(32)33/h1-11,23H,12H2. The van der Waals surface area contributed by atoms with Gasteiger partial charge in [0.05, 0.1) is 26.5 Å². The van der Waals surface area contributed by atoms with E-state index in [1.54, 1.807) is 0 Å². The Kier molecular flexibility index (Phi) is 6.72. The first-order valence-corrected chi connectivity index (χ1v) is 11.8. The maximum atomic E-state index is 12.6. The largest absolute Gasteiger partial charge is 0.423 e. The van der Waals surface area contributed by atoms with Crippen molar-refractivity contribution in [2.24, 2.45) is 0 Å². The molecule has 0 bridgehead atoms. The van der Waals surface area contributed by atoms with Crippen molar-refractivity contribution in [2.75, 3.05) is 5.32 Å². The molecule has 15 nitrogen and oxygen atoms in total. The lowest BCUT2D eigenvalue weighted by atomic mass is 10.1. The summed E-state index contributed by atoms with van der Waals surface area (Å²) in [6.07, 6.45) is 0. The van der Waals surface area contributed by atoms with Crippen LogP contribution < -0.4 is 15.1 Å². The Labute approximate surface area is 211 Å². The smallest absolute Gasteiger partial charge is 0.346 e. The minimum absolute atomic E-state index is 0.113. The Bertz CT molecular complexity index is 1770. The maximum Gasteiger partial charge on any atom is 0.346 e.